The van der Waals surface area contributed by atoms with Gasteiger partial charge in [0.2, 0.25) is 5.89 Å². The predicted octanol–water partition coefficient (Wildman–Crippen LogP) is 3.27. The predicted molar refractivity (Wildman–Crippen MR) is 68.9 cm³/mol. The summed E-state index contributed by atoms with van der Waals surface area (Å²) in [6.07, 6.45) is 5.36. The highest BCUT2D eigenvalue weighted by Crippen LogP contribution is 2.40. The van der Waals surface area contributed by atoms with Crippen molar-refractivity contribution < 1.29 is 13.6 Å². The number of ketones is 1. The van der Waals surface area contributed by atoms with Crippen LogP contribution in [0.5, 0.6) is 0 Å². The van der Waals surface area contributed by atoms with Gasteiger partial charge in [0, 0.05) is 24.5 Å². The molecule has 2 aromatic rings. The summed E-state index contributed by atoms with van der Waals surface area (Å²) >= 11 is 0. The highest BCUT2D eigenvalue weighted by Gasteiger charge is 2.28. The molecule has 20 heavy (non-hydrogen) atoms. The van der Waals surface area contributed by atoms with Gasteiger partial charge < -0.3 is 4.42 Å². The van der Waals surface area contributed by atoms with Gasteiger partial charge in [0.05, 0.1) is 11.8 Å². The molecule has 5 heteroatoms. The maximum Gasteiger partial charge on any atom is 0.230 e. The third-order valence-electron chi connectivity index (χ3n) is 3.87. The van der Waals surface area contributed by atoms with Crippen LogP contribution in [0.15, 0.2) is 16.7 Å². The molecule has 0 unspecified atom stereocenters. The van der Waals surface area contributed by atoms with E-state index in [1.54, 1.807) is 6.07 Å². The van der Waals surface area contributed by atoms with E-state index in [0.717, 1.165) is 25.0 Å². The summed E-state index contributed by atoms with van der Waals surface area (Å²) in [5.41, 5.74) is 1.56. The van der Waals surface area contributed by atoms with Crippen molar-refractivity contribution in [3.8, 4) is 11.5 Å². The lowest BCUT2D eigenvalue weighted by molar-refractivity contribution is 0.0965. The first-order valence-corrected chi connectivity index (χ1v) is 6.91. The van der Waals surface area contributed by atoms with E-state index < -0.39 is 5.82 Å². The molecule has 2 heterocycles. The molecule has 2 aliphatic carbocycles. The number of rotatable bonds is 2. The van der Waals surface area contributed by atoms with Crippen molar-refractivity contribution >= 4 is 5.78 Å². The highest BCUT2D eigenvalue weighted by molar-refractivity contribution is 5.96. The zero-order valence-electron chi connectivity index (χ0n) is 10.9. The lowest BCUT2D eigenvalue weighted by Crippen LogP contribution is -2.09. The van der Waals surface area contributed by atoms with Crippen LogP contribution < -0.4 is 0 Å². The largest absolute Gasteiger partial charge is 0.440 e. The van der Waals surface area contributed by atoms with Gasteiger partial charge in [0.25, 0.3) is 0 Å². The topological polar surface area (TPSA) is 56.0 Å². The molecular weight excluding hydrogens is 259 g/mol. The number of hydrogen-bond donors (Lipinski definition) is 0. The maximum atomic E-state index is 14.0. The van der Waals surface area contributed by atoms with Crippen LogP contribution in [0, 0.1) is 5.82 Å². The molecule has 0 spiro atoms. The van der Waals surface area contributed by atoms with E-state index in [4.69, 9.17) is 4.42 Å². The Kier molecular flexibility index (Phi) is 2.49. The highest BCUT2D eigenvalue weighted by atomic mass is 19.1. The Balaban J connectivity index is 1.80. The molecule has 0 N–H and O–H groups in total. The first kappa shape index (κ1) is 11.8. The van der Waals surface area contributed by atoms with E-state index >= 15 is 0 Å². The van der Waals surface area contributed by atoms with Crippen molar-refractivity contribution in [1.29, 1.82) is 0 Å². The summed E-state index contributed by atoms with van der Waals surface area (Å²) in [4.78, 5) is 20.1. The summed E-state index contributed by atoms with van der Waals surface area (Å²) in [6, 6.07) is 1.70. The summed E-state index contributed by atoms with van der Waals surface area (Å²) in [7, 11) is 0. The summed E-state index contributed by atoms with van der Waals surface area (Å²) < 4.78 is 19.6. The Labute approximate surface area is 115 Å². The Hall–Kier alpha value is -2.04. The number of pyridine rings is 1. The summed E-state index contributed by atoms with van der Waals surface area (Å²) in [5.74, 6) is 0.742. The number of fused-ring (bicyclic) bond motifs is 1. The lowest BCUT2D eigenvalue weighted by atomic mass is 10.0. The first-order valence-electron chi connectivity index (χ1n) is 6.91. The molecule has 2 aromatic heterocycles. The zero-order chi connectivity index (χ0) is 13.7. The second kappa shape index (κ2) is 4.23. The number of oxazole rings is 1. The summed E-state index contributed by atoms with van der Waals surface area (Å²) in [6.45, 7) is 0. The van der Waals surface area contributed by atoms with E-state index in [1.165, 1.54) is 6.20 Å². The fourth-order valence-electron chi connectivity index (χ4n) is 2.60. The Morgan fingerprint density at radius 1 is 1.30 bits per heavy atom. The lowest BCUT2D eigenvalue weighted by Gasteiger charge is -2.04. The third-order valence-corrected chi connectivity index (χ3v) is 3.87. The van der Waals surface area contributed by atoms with Crippen LogP contribution in [0.1, 0.15) is 53.5 Å². The molecule has 0 aromatic carbocycles. The van der Waals surface area contributed by atoms with Gasteiger partial charge in [-0.2, -0.15) is 0 Å². The quantitative estimate of drug-likeness (QED) is 0.841. The number of aromatic nitrogens is 2. The van der Waals surface area contributed by atoms with Gasteiger partial charge in [-0.15, -0.1) is 0 Å². The van der Waals surface area contributed by atoms with Crippen molar-refractivity contribution in [2.45, 2.75) is 38.0 Å². The van der Waals surface area contributed by atoms with E-state index in [9.17, 15) is 9.18 Å². The van der Waals surface area contributed by atoms with Gasteiger partial charge >= 0.3 is 0 Å². The number of aryl methyl sites for hydroxylation is 1. The van der Waals surface area contributed by atoms with Crippen LogP contribution in [0.4, 0.5) is 4.39 Å². The number of carbonyl (C=O) groups excluding carboxylic acids is 1. The van der Waals surface area contributed by atoms with E-state index in [2.05, 4.69) is 9.97 Å². The van der Waals surface area contributed by atoms with Gasteiger partial charge in [-0.25, -0.2) is 9.37 Å². The van der Waals surface area contributed by atoms with Crippen LogP contribution in [-0.4, -0.2) is 15.8 Å². The summed E-state index contributed by atoms with van der Waals surface area (Å²) in [5, 5.41) is 0. The first-order chi connectivity index (χ1) is 9.72. The van der Waals surface area contributed by atoms with Gasteiger partial charge in [0.15, 0.2) is 11.6 Å². The normalized spacial score (nSPS) is 18.1. The molecule has 1 saturated carbocycles. The van der Waals surface area contributed by atoms with Crippen molar-refractivity contribution in [2.75, 3.05) is 0 Å². The second-order valence-electron chi connectivity index (χ2n) is 5.43. The fourth-order valence-corrected chi connectivity index (χ4v) is 2.60. The van der Waals surface area contributed by atoms with Crippen molar-refractivity contribution in [2.24, 2.45) is 0 Å². The van der Waals surface area contributed by atoms with Crippen LogP contribution >= 0.6 is 0 Å². The Morgan fingerprint density at radius 3 is 2.90 bits per heavy atom. The third kappa shape index (κ3) is 1.85. The number of nitrogens with zero attached hydrogens (tertiary/aromatic N) is 2. The molecule has 0 atom stereocenters. The molecule has 0 amide bonds. The van der Waals surface area contributed by atoms with E-state index in [-0.39, 0.29) is 11.7 Å². The molecule has 0 bridgehead atoms. The molecule has 0 radical (unpaired) electrons. The number of carbonyl (C=O) groups is 1. The minimum atomic E-state index is -0.458. The van der Waals surface area contributed by atoms with Crippen LogP contribution in [0.3, 0.4) is 0 Å². The van der Waals surface area contributed by atoms with Gasteiger partial charge in [0.1, 0.15) is 11.5 Å². The molecule has 4 nitrogen and oxygen atoms in total. The number of halogens is 1. The standard InChI is InChI=1S/C15H13FN2O2/c16-10-7-17-11(8-4-5-8)6-9(10)15-18-14-12(19)2-1-3-13(14)20-15/h6-8H,1-5H2. The molecule has 2 aliphatic rings. The minimum absolute atomic E-state index is 0.0156. The minimum Gasteiger partial charge on any atom is -0.440 e. The SMILES string of the molecule is O=C1CCCc2oc(-c3cc(C4CC4)ncc3F)nc21. The maximum absolute atomic E-state index is 14.0. The molecule has 4 rings (SSSR count). The van der Waals surface area contributed by atoms with Crippen molar-refractivity contribution in [3.05, 3.63) is 35.2 Å². The van der Waals surface area contributed by atoms with Crippen LogP contribution in [0.2, 0.25) is 0 Å². The van der Waals surface area contributed by atoms with Gasteiger partial charge in [-0.3, -0.25) is 9.78 Å². The monoisotopic (exact) mass is 272 g/mol. The molecule has 102 valence electrons. The Bertz CT molecular complexity index is 704. The number of hydrogen-bond acceptors (Lipinski definition) is 4. The average molecular weight is 272 g/mol. The van der Waals surface area contributed by atoms with Crippen LogP contribution in [-0.2, 0) is 6.42 Å². The van der Waals surface area contributed by atoms with E-state index in [0.29, 0.717) is 35.8 Å². The van der Waals surface area contributed by atoms with Crippen molar-refractivity contribution in [3.63, 3.8) is 0 Å². The van der Waals surface area contributed by atoms with Crippen LogP contribution in [0.25, 0.3) is 11.5 Å². The molecule has 1 fully saturated rings. The van der Waals surface area contributed by atoms with Gasteiger partial charge in [-0.05, 0) is 25.3 Å². The van der Waals surface area contributed by atoms with Crippen molar-refractivity contribution in [1.82, 2.24) is 9.97 Å². The zero-order valence-corrected chi connectivity index (χ0v) is 10.9. The van der Waals surface area contributed by atoms with Gasteiger partial charge in [-0.1, -0.05) is 0 Å². The Morgan fingerprint density at radius 2 is 2.15 bits per heavy atom. The average Bonchev–Trinajstić information content (AvgIpc) is 3.19. The smallest absolute Gasteiger partial charge is 0.230 e. The fraction of sp³-hybridized carbons (Fsp3) is 0.400. The molecule has 0 saturated heterocycles. The molecule has 0 aliphatic heterocycles. The second-order valence-corrected chi connectivity index (χ2v) is 5.43. The number of Topliss-reactive ketones (excluding diaryl/α,β-unsaturated/α-hetero) is 1. The van der Waals surface area contributed by atoms with E-state index in [1.807, 2.05) is 0 Å². The molecular formula is C15H13FN2O2.